The van der Waals surface area contributed by atoms with Gasteiger partial charge >= 0.3 is 5.97 Å². The Labute approximate surface area is 73.4 Å². The third-order valence-corrected chi connectivity index (χ3v) is 2.35. The lowest BCUT2D eigenvalue weighted by molar-refractivity contribution is -0.143. The highest BCUT2D eigenvalue weighted by atomic mass is 16.4. The molecule has 3 nitrogen and oxygen atoms in total. The fraction of sp³-hybridized carbons (Fsp3) is 0.778. The number of carboxylic acid groups (broad SMARTS) is 1. The molecule has 1 saturated heterocycles. The van der Waals surface area contributed by atoms with Crippen LogP contribution in [0.15, 0.2) is 0 Å². The summed E-state index contributed by atoms with van der Waals surface area (Å²) in [7, 11) is 0. The molecule has 3 heteroatoms. The lowest BCUT2D eigenvalue weighted by Gasteiger charge is -2.31. The van der Waals surface area contributed by atoms with Gasteiger partial charge in [0.05, 0.1) is 0 Å². The van der Waals surface area contributed by atoms with Crippen LogP contribution >= 0.6 is 0 Å². The summed E-state index contributed by atoms with van der Waals surface area (Å²) in [6, 6.07) is -0.265. The van der Waals surface area contributed by atoms with Crippen molar-refractivity contribution in [2.45, 2.75) is 32.2 Å². The molecule has 0 amide bonds. The van der Waals surface area contributed by atoms with Gasteiger partial charge < -0.3 is 5.11 Å². The Balaban J connectivity index is 2.46. The normalized spacial score (nSPS) is 22.1. The first-order valence-corrected chi connectivity index (χ1v) is 4.54. The van der Waals surface area contributed by atoms with E-state index in [1.165, 1.54) is 0 Å². The summed E-state index contributed by atoms with van der Waals surface area (Å²) in [5, 5.41) is 8.87. The lowest BCUT2D eigenvalue weighted by atomic mass is 10.1. The molecule has 0 saturated carbocycles. The number of aliphatic carboxylic acids is 1. The van der Waals surface area contributed by atoms with Crippen molar-refractivity contribution in [2.75, 3.05) is 13.1 Å². The number of hydrogen-bond donors (Lipinski definition) is 1. The number of likely N-dealkylation sites (tertiary alicyclic amines) is 1. The van der Waals surface area contributed by atoms with Crippen LogP contribution in [0.3, 0.4) is 0 Å². The van der Waals surface area contributed by atoms with Crippen LogP contribution in [0.2, 0.25) is 0 Å². The SMILES string of the molecule is CCC(C(=O)O)N1CC[CH]CC1. The summed E-state index contributed by atoms with van der Waals surface area (Å²) in [6.45, 7) is 3.74. The highest BCUT2D eigenvalue weighted by molar-refractivity contribution is 5.73. The molecule has 1 N–H and O–H groups in total. The Morgan fingerprint density at radius 1 is 1.58 bits per heavy atom. The smallest absolute Gasteiger partial charge is 0.320 e. The summed E-state index contributed by atoms with van der Waals surface area (Å²) >= 11 is 0. The van der Waals surface area contributed by atoms with E-state index in [0.717, 1.165) is 25.9 Å². The highest BCUT2D eigenvalue weighted by Gasteiger charge is 2.24. The molecule has 1 radical (unpaired) electrons. The van der Waals surface area contributed by atoms with Crippen LogP contribution in [0.1, 0.15) is 26.2 Å². The third-order valence-electron chi connectivity index (χ3n) is 2.35. The van der Waals surface area contributed by atoms with Gasteiger partial charge in [-0.25, -0.2) is 0 Å². The van der Waals surface area contributed by atoms with Gasteiger partial charge in [0.25, 0.3) is 0 Å². The van der Waals surface area contributed by atoms with Gasteiger partial charge in [-0.05, 0) is 38.8 Å². The van der Waals surface area contributed by atoms with E-state index in [4.69, 9.17) is 5.11 Å². The fourth-order valence-corrected chi connectivity index (χ4v) is 1.67. The minimum atomic E-state index is -0.681. The van der Waals surface area contributed by atoms with Gasteiger partial charge in [-0.3, -0.25) is 9.69 Å². The molecule has 0 aromatic carbocycles. The summed E-state index contributed by atoms with van der Waals surface area (Å²) in [4.78, 5) is 12.8. The lowest BCUT2D eigenvalue weighted by Crippen LogP contribution is -2.43. The van der Waals surface area contributed by atoms with Crippen LogP contribution in [-0.4, -0.2) is 35.1 Å². The highest BCUT2D eigenvalue weighted by Crippen LogP contribution is 2.13. The van der Waals surface area contributed by atoms with E-state index < -0.39 is 5.97 Å². The van der Waals surface area contributed by atoms with Gasteiger partial charge in [-0.1, -0.05) is 6.92 Å². The number of carboxylic acids is 1. The van der Waals surface area contributed by atoms with Crippen LogP contribution in [-0.2, 0) is 4.79 Å². The first kappa shape index (κ1) is 9.52. The second-order valence-electron chi connectivity index (χ2n) is 3.16. The second kappa shape index (κ2) is 4.45. The second-order valence-corrected chi connectivity index (χ2v) is 3.16. The topological polar surface area (TPSA) is 40.5 Å². The maximum absolute atomic E-state index is 10.8. The molecule has 1 aliphatic heterocycles. The minimum Gasteiger partial charge on any atom is -0.480 e. The Bertz CT molecular complexity index is 153. The number of rotatable bonds is 3. The molecule has 1 atom stereocenters. The predicted octanol–water partition coefficient (Wildman–Crippen LogP) is 1.15. The van der Waals surface area contributed by atoms with Gasteiger partial charge in [-0.2, -0.15) is 0 Å². The van der Waals surface area contributed by atoms with E-state index in [-0.39, 0.29) is 6.04 Å². The van der Waals surface area contributed by atoms with E-state index in [1.54, 1.807) is 0 Å². The summed E-state index contributed by atoms with van der Waals surface area (Å²) in [6.07, 6.45) is 4.99. The minimum absolute atomic E-state index is 0.265. The van der Waals surface area contributed by atoms with E-state index in [2.05, 4.69) is 11.3 Å². The Morgan fingerprint density at radius 3 is 2.58 bits per heavy atom. The van der Waals surface area contributed by atoms with Gasteiger partial charge in [0, 0.05) is 0 Å². The Morgan fingerprint density at radius 2 is 2.17 bits per heavy atom. The zero-order chi connectivity index (χ0) is 8.97. The molecule has 12 heavy (non-hydrogen) atoms. The van der Waals surface area contributed by atoms with Gasteiger partial charge in [0.15, 0.2) is 0 Å². The molecule has 0 aromatic rings. The molecular formula is C9H16NO2. The quantitative estimate of drug-likeness (QED) is 0.690. The van der Waals surface area contributed by atoms with Crippen molar-refractivity contribution < 1.29 is 9.90 Å². The molecule has 0 aromatic heterocycles. The number of piperidine rings is 1. The van der Waals surface area contributed by atoms with Crippen LogP contribution in [0.25, 0.3) is 0 Å². The van der Waals surface area contributed by atoms with Crippen molar-refractivity contribution in [3.63, 3.8) is 0 Å². The van der Waals surface area contributed by atoms with Crippen molar-refractivity contribution in [3.05, 3.63) is 6.42 Å². The monoisotopic (exact) mass is 170 g/mol. The molecule has 0 bridgehead atoms. The Hall–Kier alpha value is -0.570. The molecule has 1 heterocycles. The third kappa shape index (κ3) is 2.21. The van der Waals surface area contributed by atoms with Crippen molar-refractivity contribution >= 4 is 5.97 Å². The van der Waals surface area contributed by atoms with E-state index in [9.17, 15) is 4.79 Å². The average Bonchev–Trinajstić information content (AvgIpc) is 2.07. The van der Waals surface area contributed by atoms with E-state index >= 15 is 0 Å². The first-order chi connectivity index (χ1) is 5.75. The van der Waals surface area contributed by atoms with Crippen molar-refractivity contribution in [2.24, 2.45) is 0 Å². The number of hydrogen-bond acceptors (Lipinski definition) is 2. The van der Waals surface area contributed by atoms with Crippen molar-refractivity contribution in [1.29, 1.82) is 0 Å². The Kier molecular flexibility index (Phi) is 3.53. The largest absolute Gasteiger partial charge is 0.480 e. The molecule has 1 fully saturated rings. The van der Waals surface area contributed by atoms with E-state index in [0.29, 0.717) is 6.42 Å². The number of carbonyl (C=O) groups is 1. The van der Waals surface area contributed by atoms with Gasteiger partial charge in [0.2, 0.25) is 0 Å². The fourth-order valence-electron chi connectivity index (χ4n) is 1.67. The molecular weight excluding hydrogens is 154 g/mol. The zero-order valence-corrected chi connectivity index (χ0v) is 7.49. The van der Waals surface area contributed by atoms with Crippen LogP contribution in [0.4, 0.5) is 0 Å². The maximum atomic E-state index is 10.8. The average molecular weight is 170 g/mol. The molecule has 0 aliphatic carbocycles. The molecule has 0 spiro atoms. The first-order valence-electron chi connectivity index (χ1n) is 4.54. The van der Waals surface area contributed by atoms with Crippen molar-refractivity contribution in [1.82, 2.24) is 4.90 Å². The maximum Gasteiger partial charge on any atom is 0.320 e. The molecule has 1 rings (SSSR count). The van der Waals surface area contributed by atoms with Crippen molar-refractivity contribution in [3.8, 4) is 0 Å². The predicted molar refractivity (Wildman–Crippen MR) is 46.8 cm³/mol. The van der Waals surface area contributed by atoms with Crippen LogP contribution in [0.5, 0.6) is 0 Å². The summed E-state index contributed by atoms with van der Waals surface area (Å²) in [5.41, 5.74) is 0. The standard InChI is InChI=1S/C9H16NO2/c1-2-8(9(11)12)10-6-4-3-5-7-10/h3,8H,2,4-7H2,1H3,(H,11,12). The van der Waals surface area contributed by atoms with Crippen LogP contribution in [0, 0.1) is 6.42 Å². The van der Waals surface area contributed by atoms with Gasteiger partial charge in [0.1, 0.15) is 6.04 Å². The summed E-state index contributed by atoms with van der Waals surface area (Å²) in [5.74, 6) is -0.681. The molecule has 1 aliphatic rings. The zero-order valence-electron chi connectivity index (χ0n) is 7.49. The van der Waals surface area contributed by atoms with Crippen LogP contribution < -0.4 is 0 Å². The van der Waals surface area contributed by atoms with E-state index in [1.807, 2.05) is 6.92 Å². The summed E-state index contributed by atoms with van der Waals surface area (Å²) < 4.78 is 0. The molecule has 1 unspecified atom stereocenters. The molecule has 69 valence electrons. The van der Waals surface area contributed by atoms with Gasteiger partial charge in [-0.15, -0.1) is 0 Å². The number of nitrogens with zero attached hydrogens (tertiary/aromatic N) is 1.